The van der Waals surface area contributed by atoms with Gasteiger partial charge in [-0.05, 0) is 25.1 Å². The molecule has 0 bridgehead atoms. The first-order valence-corrected chi connectivity index (χ1v) is 7.78. The highest BCUT2D eigenvalue weighted by Gasteiger charge is 2.24. The molecule has 0 aliphatic carbocycles. The number of para-hydroxylation sites is 1. The SMILES string of the molecule is Cc1ncn2c1Cn1nc(-c3ccn(C)n3)nc1-c1ccccc1-2. The van der Waals surface area contributed by atoms with Gasteiger partial charge in [0.1, 0.15) is 5.69 Å². The number of aryl methyl sites for hydroxylation is 2. The van der Waals surface area contributed by atoms with E-state index in [0.717, 1.165) is 34.2 Å². The molecule has 0 radical (unpaired) electrons. The molecular formula is C17H15N7. The van der Waals surface area contributed by atoms with Crippen molar-refractivity contribution in [2.24, 2.45) is 7.05 Å². The summed E-state index contributed by atoms with van der Waals surface area (Å²) in [6, 6.07) is 10.1. The van der Waals surface area contributed by atoms with Gasteiger partial charge in [-0.1, -0.05) is 12.1 Å². The van der Waals surface area contributed by atoms with Crippen molar-refractivity contribution in [3.63, 3.8) is 0 Å². The molecule has 1 aliphatic rings. The van der Waals surface area contributed by atoms with E-state index < -0.39 is 0 Å². The van der Waals surface area contributed by atoms with Gasteiger partial charge in [0.25, 0.3) is 0 Å². The quantitative estimate of drug-likeness (QED) is 0.475. The van der Waals surface area contributed by atoms with E-state index in [0.29, 0.717) is 12.4 Å². The summed E-state index contributed by atoms with van der Waals surface area (Å²) in [7, 11) is 1.89. The smallest absolute Gasteiger partial charge is 0.202 e. The summed E-state index contributed by atoms with van der Waals surface area (Å²) in [6.45, 7) is 2.66. The van der Waals surface area contributed by atoms with E-state index in [1.165, 1.54) is 0 Å². The Kier molecular flexibility index (Phi) is 2.56. The number of imidazole rings is 1. The van der Waals surface area contributed by atoms with Gasteiger partial charge < -0.3 is 4.57 Å². The Balaban J connectivity index is 1.77. The molecule has 0 unspecified atom stereocenters. The van der Waals surface area contributed by atoms with Crippen molar-refractivity contribution in [2.75, 3.05) is 0 Å². The van der Waals surface area contributed by atoms with Crippen LogP contribution >= 0.6 is 0 Å². The first kappa shape index (κ1) is 13.2. The van der Waals surface area contributed by atoms with Crippen LogP contribution in [0.5, 0.6) is 0 Å². The maximum absolute atomic E-state index is 4.77. The van der Waals surface area contributed by atoms with Crippen LogP contribution in [-0.2, 0) is 13.6 Å². The van der Waals surface area contributed by atoms with Crippen molar-refractivity contribution in [2.45, 2.75) is 13.5 Å². The maximum atomic E-state index is 4.77. The van der Waals surface area contributed by atoms with Gasteiger partial charge in [-0.15, -0.1) is 5.10 Å². The molecule has 0 saturated heterocycles. The van der Waals surface area contributed by atoms with Gasteiger partial charge in [-0.3, -0.25) is 4.68 Å². The normalized spacial score (nSPS) is 12.4. The second-order valence-electron chi connectivity index (χ2n) is 5.96. The Morgan fingerprint density at radius 3 is 2.79 bits per heavy atom. The van der Waals surface area contributed by atoms with Crippen LogP contribution in [0.15, 0.2) is 42.9 Å². The molecular weight excluding hydrogens is 302 g/mol. The van der Waals surface area contributed by atoms with Gasteiger partial charge in [-0.25, -0.2) is 14.6 Å². The van der Waals surface area contributed by atoms with Crippen molar-refractivity contribution >= 4 is 0 Å². The van der Waals surface area contributed by atoms with Crippen LogP contribution < -0.4 is 0 Å². The molecule has 0 amide bonds. The molecule has 0 atom stereocenters. The number of benzene rings is 1. The lowest BCUT2D eigenvalue weighted by Crippen LogP contribution is -2.05. The van der Waals surface area contributed by atoms with Gasteiger partial charge >= 0.3 is 0 Å². The molecule has 24 heavy (non-hydrogen) atoms. The fourth-order valence-electron chi connectivity index (χ4n) is 3.17. The zero-order valence-corrected chi connectivity index (χ0v) is 13.4. The minimum atomic E-state index is 0.635. The fourth-order valence-corrected chi connectivity index (χ4v) is 3.17. The summed E-state index contributed by atoms with van der Waals surface area (Å²) in [4.78, 5) is 9.24. The summed E-state index contributed by atoms with van der Waals surface area (Å²) in [5.74, 6) is 1.50. The standard InChI is InChI=1S/C17H15N7/c1-11-15-9-24-17(19-16(21-24)13-7-8-22(2)20-13)12-5-3-4-6-14(12)23(15)10-18-11/h3-8,10H,9H2,1-2H3. The molecule has 3 aromatic heterocycles. The van der Waals surface area contributed by atoms with E-state index in [4.69, 9.17) is 10.1 Å². The molecule has 7 heteroatoms. The van der Waals surface area contributed by atoms with Crippen LogP contribution in [0, 0.1) is 6.92 Å². The molecule has 0 spiro atoms. The first-order valence-electron chi connectivity index (χ1n) is 7.78. The molecule has 0 fully saturated rings. The van der Waals surface area contributed by atoms with E-state index in [1.807, 2.05) is 49.4 Å². The summed E-state index contributed by atoms with van der Waals surface area (Å²) in [6.07, 6.45) is 3.77. The summed E-state index contributed by atoms with van der Waals surface area (Å²) < 4.78 is 5.83. The third-order valence-electron chi connectivity index (χ3n) is 4.39. The van der Waals surface area contributed by atoms with Crippen molar-refractivity contribution in [1.82, 2.24) is 34.1 Å². The Bertz CT molecular complexity index is 1070. The highest BCUT2D eigenvalue weighted by atomic mass is 15.4. The Labute approximate surface area is 138 Å². The van der Waals surface area contributed by atoms with E-state index >= 15 is 0 Å². The average Bonchev–Trinajstić information content (AvgIpc) is 3.27. The topological polar surface area (TPSA) is 66.3 Å². The van der Waals surface area contributed by atoms with Crippen LogP contribution in [0.3, 0.4) is 0 Å². The maximum Gasteiger partial charge on any atom is 0.202 e. The van der Waals surface area contributed by atoms with Gasteiger partial charge in [0.2, 0.25) is 5.82 Å². The van der Waals surface area contributed by atoms with E-state index in [2.05, 4.69) is 26.8 Å². The van der Waals surface area contributed by atoms with E-state index in [-0.39, 0.29) is 0 Å². The highest BCUT2D eigenvalue weighted by Crippen LogP contribution is 2.32. The number of hydrogen-bond acceptors (Lipinski definition) is 4. The fraction of sp³-hybridized carbons (Fsp3) is 0.176. The molecule has 0 N–H and O–H groups in total. The van der Waals surface area contributed by atoms with Crippen molar-refractivity contribution in [3.05, 3.63) is 54.2 Å². The van der Waals surface area contributed by atoms with Gasteiger partial charge in [0.05, 0.1) is 29.9 Å². The van der Waals surface area contributed by atoms with Gasteiger partial charge in [0, 0.05) is 18.8 Å². The Hall–Kier alpha value is -3.22. The molecule has 1 aliphatic heterocycles. The molecule has 4 aromatic rings. The lowest BCUT2D eigenvalue weighted by atomic mass is 10.1. The predicted molar refractivity (Wildman–Crippen MR) is 88.6 cm³/mol. The van der Waals surface area contributed by atoms with Crippen LogP contribution in [0.4, 0.5) is 0 Å². The van der Waals surface area contributed by atoms with Crippen molar-refractivity contribution < 1.29 is 0 Å². The molecule has 5 rings (SSSR count). The van der Waals surface area contributed by atoms with Crippen LogP contribution in [0.2, 0.25) is 0 Å². The molecule has 1 aromatic carbocycles. The summed E-state index contributed by atoms with van der Waals surface area (Å²) in [5.41, 5.74) is 5.03. The van der Waals surface area contributed by atoms with Crippen LogP contribution in [-0.4, -0.2) is 34.1 Å². The lowest BCUT2D eigenvalue weighted by Gasteiger charge is -2.07. The van der Waals surface area contributed by atoms with Crippen LogP contribution in [0.25, 0.3) is 28.6 Å². The second-order valence-corrected chi connectivity index (χ2v) is 5.96. The van der Waals surface area contributed by atoms with Gasteiger partial charge in [0.15, 0.2) is 5.82 Å². The third-order valence-corrected chi connectivity index (χ3v) is 4.39. The lowest BCUT2D eigenvalue weighted by molar-refractivity contribution is 0.674. The van der Waals surface area contributed by atoms with Crippen molar-refractivity contribution in [1.29, 1.82) is 0 Å². The number of nitrogens with zero attached hydrogens (tertiary/aromatic N) is 7. The largest absolute Gasteiger partial charge is 0.300 e. The predicted octanol–water partition coefficient (Wildman–Crippen LogP) is 2.20. The third kappa shape index (κ3) is 1.78. The first-order chi connectivity index (χ1) is 11.7. The number of fused-ring (bicyclic) bond motifs is 5. The second kappa shape index (κ2) is 4.64. The number of hydrogen-bond donors (Lipinski definition) is 0. The zero-order chi connectivity index (χ0) is 16.3. The van der Waals surface area contributed by atoms with Crippen molar-refractivity contribution in [3.8, 4) is 28.6 Å². The minimum Gasteiger partial charge on any atom is -0.300 e. The monoisotopic (exact) mass is 317 g/mol. The summed E-state index contributed by atoms with van der Waals surface area (Å²) >= 11 is 0. The minimum absolute atomic E-state index is 0.635. The summed E-state index contributed by atoms with van der Waals surface area (Å²) in [5, 5.41) is 9.12. The van der Waals surface area contributed by atoms with Gasteiger partial charge in [-0.2, -0.15) is 5.10 Å². The van der Waals surface area contributed by atoms with E-state index in [1.54, 1.807) is 4.68 Å². The highest BCUT2D eigenvalue weighted by molar-refractivity contribution is 5.70. The zero-order valence-electron chi connectivity index (χ0n) is 13.4. The molecule has 0 saturated carbocycles. The Morgan fingerprint density at radius 2 is 1.96 bits per heavy atom. The Morgan fingerprint density at radius 1 is 1.08 bits per heavy atom. The van der Waals surface area contributed by atoms with E-state index in [9.17, 15) is 0 Å². The average molecular weight is 317 g/mol. The molecule has 4 heterocycles. The molecule has 118 valence electrons. The number of aromatic nitrogens is 7. The van der Waals surface area contributed by atoms with Crippen LogP contribution in [0.1, 0.15) is 11.4 Å². The molecule has 7 nitrogen and oxygen atoms in total. The number of rotatable bonds is 1.